The molecular formula is C26H21IN2O3. The SMILES string of the molecule is O=C(O)Cc1nc(-c2cccc(OCc3ccccc3)c2)nc(CI)c1-c1ccccc1. The molecule has 0 bridgehead atoms. The van der Waals surface area contributed by atoms with Crippen LogP contribution in [0.1, 0.15) is 17.0 Å². The Morgan fingerprint density at radius 1 is 0.844 bits per heavy atom. The summed E-state index contributed by atoms with van der Waals surface area (Å²) in [6.07, 6.45) is -0.173. The van der Waals surface area contributed by atoms with Gasteiger partial charge < -0.3 is 9.84 Å². The Labute approximate surface area is 200 Å². The van der Waals surface area contributed by atoms with Crippen LogP contribution < -0.4 is 4.74 Å². The van der Waals surface area contributed by atoms with Crippen LogP contribution in [0.25, 0.3) is 22.5 Å². The predicted octanol–water partition coefficient (Wildman–Crippen LogP) is 5.95. The van der Waals surface area contributed by atoms with Crippen LogP contribution in [0.4, 0.5) is 0 Å². The fraction of sp³-hybridized carbons (Fsp3) is 0.115. The van der Waals surface area contributed by atoms with Gasteiger partial charge in [-0.1, -0.05) is 95.4 Å². The van der Waals surface area contributed by atoms with Gasteiger partial charge in [0.05, 0.1) is 17.8 Å². The molecule has 4 rings (SSSR count). The van der Waals surface area contributed by atoms with E-state index < -0.39 is 5.97 Å². The third-order valence-corrected chi connectivity index (χ3v) is 5.63. The highest BCUT2D eigenvalue weighted by atomic mass is 127. The molecule has 0 saturated heterocycles. The summed E-state index contributed by atoms with van der Waals surface area (Å²) in [7, 11) is 0. The van der Waals surface area contributed by atoms with Gasteiger partial charge in [-0.15, -0.1) is 0 Å². The molecule has 1 heterocycles. The van der Waals surface area contributed by atoms with Gasteiger partial charge >= 0.3 is 5.97 Å². The Kier molecular flexibility index (Phi) is 7.11. The van der Waals surface area contributed by atoms with E-state index in [9.17, 15) is 9.90 Å². The van der Waals surface area contributed by atoms with Gasteiger partial charge in [-0.05, 0) is 23.3 Å². The molecule has 32 heavy (non-hydrogen) atoms. The summed E-state index contributed by atoms with van der Waals surface area (Å²) in [5, 5.41) is 9.50. The average molecular weight is 536 g/mol. The van der Waals surface area contributed by atoms with Crippen molar-refractivity contribution in [1.82, 2.24) is 9.97 Å². The van der Waals surface area contributed by atoms with Gasteiger partial charge in [0.1, 0.15) is 12.4 Å². The molecule has 0 atom stereocenters. The monoisotopic (exact) mass is 536 g/mol. The van der Waals surface area contributed by atoms with Crippen LogP contribution in [-0.2, 0) is 22.2 Å². The highest BCUT2D eigenvalue weighted by Crippen LogP contribution is 2.31. The van der Waals surface area contributed by atoms with E-state index in [0.29, 0.717) is 28.3 Å². The molecule has 1 aromatic heterocycles. The van der Waals surface area contributed by atoms with Gasteiger partial charge in [-0.3, -0.25) is 4.79 Å². The van der Waals surface area contributed by atoms with E-state index in [1.54, 1.807) is 0 Å². The lowest BCUT2D eigenvalue weighted by molar-refractivity contribution is -0.136. The van der Waals surface area contributed by atoms with E-state index in [2.05, 4.69) is 27.6 Å². The number of rotatable bonds is 8. The number of hydrogen-bond acceptors (Lipinski definition) is 4. The smallest absolute Gasteiger partial charge is 0.309 e. The van der Waals surface area contributed by atoms with E-state index in [4.69, 9.17) is 9.72 Å². The fourth-order valence-corrected chi connectivity index (χ4v) is 4.01. The summed E-state index contributed by atoms with van der Waals surface area (Å²) in [6.45, 7) is 0.460. The number of nitrogens with zero attached hydrogens (tertiary/aromatic N) is 2. The Hall–Kier alpha value is -3.26. The van der Waals surface area contributed by atoms with Crippen molar-refractivity contribution in [1.29, 1.82) is 0 Å². The van der Waals surface area contributed by atoms with Crippen molar-refractivity contribution < 1.29 is 14.6 Å². The number of halogens is 1. The summed E-state index contributed by atoms with van der Waals surface area (Å²) < 4.78 is 6.58. The summed E-state index contributed by atoms with van der Waals surface area (Å²) in [5.41, 5.74) is 4.90. The average Bonchev–Trinajstić information content (AvgIpc) is 2.83. The van der Waals surface area contributed by atoms with Crippen LogP contribution in [0.3, 0.4) is 0 Å². The summed E-state index contributed by atoms with van der Waals surface area (Å²) in [5.74, 6) is 0.279. The third kappa shape index (κ3) is 5.31. The van der Waals surface area contributed by atoms with Crippen molar-refractivity contribution in [2.24, 2.45) is 0 Å². The lowest BCUT2D eigenvalue weighted by Crippen LogP contribution is -2.09. The lowest BCUT2D eigenvalue weighted by atomic mass is 10.00. The van der Waals surface area contributed by atoms with Crippen LogP contribution in [0.15, 0.2) is 84.9 Å². The Morgan fingerprint density at radius 2 is 1.50 bits per heavy atom. The lowest BCUT2D eigenvalue weighted by Gasteiger charge is -2.14. The zero-order chi connectivity index (χ0) is 22.3. The molecule has 160 valence electrons. The first-order valence-electron chi connectivity index (χ1n) is 10.1. The number of ether oxygens (including phenoxy) is 1. The van der Waals surface area contributed by atoms with Crippen molar-refractivity contribution in [3.8, 4) is 28.3 Å². The zero-order valence-corrected chi connectivity index (χ0v) is 19.4. The topological polar surface area (TPSA) is 72.3 Å². The van der Waals surface area contributed by atoms with Crippen LogP contribution in [0, 0.1) is 0 Å². The molecule has 0 radical (unpaired) electrons. The minimum Gasteiger partial charge on any atom is -0.489 e. The molecular weight excluding hydrogens is 515 g/mol. The molecule has 1 N–H and O–H groups in total. The number of carbonyl (C=O) groups is 1. The second-order valence-electron chi connectivity index (χ2n) is 7.19. The van der Waals surface area contributed by atoms with Crippen molar-refractivity contribution in [3.05, 3.63) is 102 Å². The molecule has 6 heteroatoms. The van der Waals surface area contributed by atoms with E-state index in [0.717, 1.165) is 27.9 Å². The molecule has 0 fully saturated rings. The van der Waals surface area contributed by atoms with Crippen LogP contribution in [0.2, 0.25) is 0 Å². The Balaban J connectivity index is 1.71. The maximum Gasteiger partial charge on any atom is 0.309 e. The van der Waals surface area contributed by atoms with Gasteiger partial charge in [-0.25, -0.2) is 9.97 Å². The molecule has 3 aromatic carbocycles. The van der Waals surface area contributed by atoms with E-state index in [-0.39, 0.29) is 6.42 Å². The quantitative estimate of drug-likeness (QED) is 0.223. The summed E-state index contributed by atoms with van der Waals surface area (Å²) in [4.78, 5) is 21.1. The maximum atomic E-state index is 11.6. The number of aromatic nitrogens is 2. The molecule has 0 aliphatic rings. The summed E-state index contributed by atoms with van der Waals surface area (Å²) >= 11 is 2.26. The number of alkyl halides is 1. The number of carboxylic acids is 1. The van der Waals surface area contributed by atoms with Gasteiger partial charge in [-0.2, -0.15) is 0 Å². The predicted molar refractivity (Wildman–Crippen MR) is 133 cm³/mol. The Morgan fingerprint density at radius 3 is 2.19 bits per heavy atom. The third-order valence-electron chi connectivity index (χ3n) is 4.91. The number of benzene rings is 3. The molecule has 0 aliphatic heterocycles. The molecule has 0 spiro atoms. The minimum absolute atomic E-state index is 0.173. The number of aliphatic carboxylic acids is 1. The fourth-order valence-electron chi connectivity index (χ4n) is 3.46. The van der Waals surface area contributed by atoms with Crippen LogP contribution in [0.5, 0.6) is 5.75 Å². The highest BCUT2D eigenvalue weighted by Gasteiger charge is 2.18. The van der Waals surface area contributed by atoms with E-state index in [1.165, 1.54) is 0 Å². The minimum atomic E-state index is -0.925. The second kappa shape index (κ2) is 10.4. The van der Waals surface area contributed by atoms with Crippen molar-refractivity contribution in [3.63, 3.8) is 0 Å². The molecule has 4 aromatic rings. The molecule has 0 aliphatic carbocycles. The van der Waals surface area contributed by atoms with Crippen LogP contribution in [-0.4, -0.2) is 21.0 Å². The number of carboxylic acid groups (broad SMARTS) is 1. The molecule has 5 nitrogen and oxygen atoms in total. The first kappa shape index (κ1) is 22.0. The second-order valence-corrected chi connectivity index (χ2v) is 7.95. The summed E-state index contributed by atoms with van der Waals surface area (Å²) in [6, 6.07) is 27.2. The largest absolute Gasteiger partial charge is 0.489 e. The maximum absolute atomic E-state index is 11.6. The van der Waals surface area contributed by atoms with Gasteiger partial charge in [0.15, 0.2) is 5.82 Å². The van der Waals surface area contributed by atoms with Gasteiger partial charge in [0.25, 0.3) is 0 Å². The first-order chi connectivity index (χ1) is 15.6. The molecule has 0 amide bonds. The van der Waals surface area contributed by atoms with Crippen molar-refractivity contribution >= 4 is 28.6 Å². The van der Waals surface area contributed by atoms with E-state index in [1.807, 2.05) is 84.9 Å². The first-order valence-corrected chi connectivity index (χ1v) is 11.7. The highest BCUT2D eigenvalue weighted by molar-refractivity contribution is 14.1. The number of hydrogen-bond donors (Lipinski definition) is 1. The molecule has 0 saturated carbocycles. The van der Waals surface area contributed by atoms with Gasteiger partial charge in [0, 0.05) is 15.6 Å². The zero-order valence-electron chi connectivity index (χ0n) is 17.2. The normalized spacial score (nSPS) is 10.7. The van der Waals surface area contributed by atoms with E-state index >= 15 is 0 Å². The van der Waals surface area contributed by atoms with Crippen molar-refractivity contribution in [2.75, 3.05) is 0 Å². The standard InChI is InChI=1S/C26H21IN2O3/c27-16-23-25(19-10-5-2-6-11-19)22(15-24(30)31)28-26(29-23)20-12-7-13-21(14-20)32-17-18-8-3-1-4-9-18/h1-14H,15-17H2,(H,30,31). The Bertz CT molecular complexity index is 1210. The van der Waals surface area contributed by atoms with Crippen molar-refractivity contribution in [2.45, 2.75) is 17.5 Å². The van der Waals surface area contributed by atoms with Crippen LogP contribution >= 0.6 is 22.6 Å². The molecule has 0 unspecified atom stereocenters. The van der Waals surface area contributed by atoms with Gasteiger partial charge in [0.2, 0.25) is 0 Å².